The van der Waals surface area contributed by atoms with Crippen LogP contribution in [-0.4, -0.2) is 36.6 Å². The van der Waals surface area contributed by atoms with E-state index in [1.54, 1.807) is 6.07 Å². The van der Waals surface area contributed by atoms with E-state index in [1.165, 1.54) is 37.3 Å². The molecule has 156 valence electrons. The largest absolute Gasteiger partial charge is 0.374 e. The average molecular weight is 405 g/mol. The van der Waals surface area contributed by atoms with Gasteiger partial charge < -0.3 is 10.6 Å². The maximum atomic E-state index is 14.4. The third-order valence-electron chi connectivity index (χ3n) is 7.20. The Labute approximate surface area is 178 Å². The number of nitrogens with two attached hydrogens (primary N) is 1. The third kappa shape index (κ3) is 3.59. The molecule has 1 aliphatic carbocycles. The van der Waals surface area contributed by atoms with Gasteiger partial charge in [-0.2, -0.15) is 5.26 Å². The van der Waals surface area contributed by atoms with Crippen LogP contribution < -0.4 is 10.6 Å². The van der Waals surface area contributed by atoms with Crippen molar-refractivity contribution in [3.05, 3.63) is 53.3 Å². The summed E-state index contributed by atoms with van der Waals surface area (Å²) in [5, 5.41) is 9.10. The van der Waals surface area contributed by atoms with Crippen LogP contribution in [-0.2, 0) is 6.54 Å². The van der Waals surface area contributed by atoms with E-state index in [-0.39, 0.29) is 5.56 Å². The van der Waals surface area contributed by atoms with Crippen LogP contribution in [0.2, 0.25) is 0 Å². The molecular formula is C25H29FN4. The Kier molecular flexibility index (Phi) is 5.00. The Morgan fingerprint density at radius 3 is 2.63 bits per heavy atom. The molecule has 0 unspecified atom stereocenters. The lowest BCUT2D eigenvalue weighted by Gasteiger charge is -2.26. The van der Waals surface area contributed by atoms with Gasteiger partial charge in [0.25, 0.3) is 0 Å². The number of hydrogen-bond donors (Lipinski definition) is 1. The van der Waals surface area contributed by atoms with Crippen molar-refractivity contribution < 1.29 is 4.39 Å². The first-order valence-electron chi connectivity index (χ1n) is 11.1. The minimum Gasteiger partial charge on any atom is -0.374 e. The van der Waals surface area contributed by atoms with E-state index < -0.39 is 5.82 Å². The van der Waals surface area contributed by atoms with Gasteiger partial charge in [-0.3, -0.25) is 4.90 Å². The number of fused-ring (bicyclic) bond motifs is 2. The van der Waals surface area contributed by atoms with Crippen molar-refractivity contribution in [2.75, 3.05) is 18.5 Å². The zero-order valence-corrected chi connectivity index (χ0v) is 17.5. The summed E-state index contributed by atoms with van der Waals surface area (Å²) in [6, 6.07) is 14.9. The van der Waals surface area contributed by atoms with E-state index in [4.69, 9.17) is 11.0 Å². The summed E-state index contributed by atoms with van der Waals surface area (Å²) in [6.07, 6.45) is 6.12. The smallest absolute Gasteiger partial charge is 0.141 e. The van der Waals surface area contributed by atoms with Crippen LogP contribution in [0.3, 0.4) is 0 Å². The molecule has 3 aliphatic rings. The fourth-order valence-corrected chi connectivity index (χ4v) is 5.41. The molecule has 2 saturated heterocycles. The Morgan fingerprint density at radius 2 is 2.00 bits per heavy atom. The molecule has 30 heavy (non-hydrogen) atoms. The standard InChI is InChI=1S/C25H29FN4/c1-29(14-16-2-3-16)24-8-4-17(15-30-20-7-9-25(30)23(28)12-20)10-21(24)18-5-6-19(13-27)22(26)11-18/h4-6,8,10-11,16,20,23,25H,2-3,7,9,12,14-15,28H2,1H3/t20-,23+,25+/m1/s1. The van der Waals surface area contributed by atoms with Crippen molar-refractivity contribution in [2.45, 2.75) is 56.8 Å². The molecule has 0 spiro atoms. The van der Waals surface area contributed by atoms with Crippen molar-refractivity contribution in [3.8, 4) is 17.2 Å². The van der Waals surface area contributed by atoms with E-state index in [0.29, 0.717) is 18.1 Å². The molecule has 2 N–H and O–H groups in total. The molecule has 5 heteroatoms. The number of halogens is 1. The molecule has 1 saturated carbocycles. The Balaban J connectivity index is 1.49. The second-order valence-corrected chi connectivity index (χ2v) is 9.35. The normalized spacial score (nSPS) is 25.5. The molecule has 2 aliphatic heterocycles. The summed E-state index contributed by atoms with van der Waals surface area (Å²) >= 11 is 0. The monoisotopic (exact) mass is 404 g/mol. The van der Waals surface area contributed by atoms with Gasteiger partial charge in [0.1, 0.15) is 11.9 Å². The van der Waals surface area contributed by atoms with Crippen LogP contribution in [0.4, 0.5) is 10.1 Å². The van der Waals surface area contributed by atoms with E-state index in [1.807, 2.05) is 12.1 Å². The summed E-state index contributed by atoms with van der Waals surface area (Å²) < 4.78 is 14.4. The fraction of sp³-hybridized carbons (Fsp3) is 0.480. The van der Waals surface area contributed by atoms with E-state index >= 15 is 0 Å². The van der Waals surface area contributed by atoms with Crippen molar-refractivity contribution in [1.82, 2.24) is 4.90 Å². The second-order valence-electron chi connectivity index (χ2n) is 9.35. The molecule has 2 heterocycles. The van der Waals surface area contributed by atoms with Crippen LogP contribution in [0.15, 0.2) is 36.4 Å². The van der Waals surface area contributed by atoms with Gasteiger partial charge in [-0.1, -0.05) is 12.1 Å². The number of rotatable bonds is 6. The maximum Gasteiger partial charge on any atom is 0.141 e. The molecule has 0 amide bonds. The summed E-state index contributed by atoms with van der Waals surface area (Å²) in [4.78, 5) is 4.86. The minimum absolute atomic E-state index is 0.0884. The molecule has 0 radical (unpaired) electrons. The first-order chi connectivity index (χ1) is 14.5. The highest BCUT2D eigenvalue weighted by molar-refractivity contribution is 5.79. The first kappa shape index (κ1) is 19.5. The van der Waals surface area contributed by atoms with Gasteiger partial charge in [-0.15, -0.1) is 0 Å². The zero-order valence-electron chi connectivity index (χ0n) is 17.5. The van der Waals surface area contributed by atoms with Gasteiger partial charge in [0.2, 0.25) is 0 Å². The molecule has 3 fully saturated rings. The highest BCUT2D eigenvalue weighted by Gasteiger charge is 2.44. The summed E-state index contributed by atoms with van der Waals surface area (Å²) in [5.74, 6) is 0.307. The molecule has 2 bridgehead atoms. The Hall–Kier alpha value is -2.42. The summed E-state index contributed by atoms with van der Waals surface area (Å²) in [5.41, 5.74) is 10.6. The van der Waals surface area contributed by atoms with Crippen molar-refractivity contribution in [2.24, 2.45) is 11.7 Å². The molecule has 3 atom stereocenters. The lowest BCUT2D eigenvalue weighted by molar-refractivity contribution is 0.239. The molecule has 0 aromatic heterocycles. The van der Waals surface area contributed by atoms with Gasteiger partial charge in [0.05, 0.1) is 5.56 Å². The van der Waals surface area contributed by atoms with Crippen molar-refractivity contribution in [1.29, 1.82) is 5.26 Å². The Bertz CT molecular complexity index is 993. The highest BCUT2D eigenvalue weighted by Crippen LogP contribution is 2.40. The van der Waals surface area contributed by atoms with Crippen molar-refractivity contribution in [3.63, 3.8) is 0 Å². The van der Waals surface area contributed by atoms with Gasteiger partial charge in [0.15, 0.2) is 0 Å². The SMILES string of the molecule is CN(CC1CC1)c1ccc(CN2[C@@H]3CC[C@H]2[C@@H](N)C3)cc1-c1ccc(C#N)c(F)c1. The van der Waals surface area contributed by atoms with Crippen LogP contribution in [0.5, 0.6) is 0 Å². The number of nitrogens with zero attached hydrogens (tertiary/aromatic N) is 3. The van der Waals surface area contributed by atoms with E-state index in [2.05, 4.69) is 35.0 Å². The van der Waals surface area contributed by atoms with E-state index in [0.717, 1.165) is 42.2 Å². The van der Waals surface area contributed by atoms with Gasteiger partial charge >= 0.3 is 0 Å². The topological polar surface area (TPSA) is 56.3 Å². The molecule has 4 nitrogen and oxygen atoms in total. The molecule has 2 aromatic rings. The predicted molar refractivity (Wildman–Crippen MR) is 117 cm³/mol. The van der Waals surface area contributed by atoms with Crippen molar-refractivity contribution >= 4 is 5.69 Å². The van der Waals surface area contributed by atoms with Crippen LogP contribution >= 0.6 is 0 Å². The van der Waals surface area contributed by atoms with Gasteiger partial charge in [-0.05, 0) is 73.4 Å². The van der Waals surface area contributed by atoms with Gasteiger partial charge in [0, 0.05) is 49.5 Å². The highest BCUT2D eigenvalue weighted by atomic mass is 19.1. The maximum absolute atomic E-state index is 14.4. The number of hydrogen-bond acceptors (Lipinski definition) is 4. The van der Waals surface area contributed by atoms with Gasteiger partial charge in [-0.25, -0.2) is 4.39 Å². The van der Waals surface area contributed by atoms with E-state index in [9.17, 15) is 4.39 Å². The quantitative estimate of drug-likeness (QED) is 0.781. The second kappa shape index (κ2) is 7.68. The van der Waals surface area contributed by atoms with Crippen LogP contribution in [0, 0.1) is 23.1 Å². The lowest BCUT2D eigenvalue weighted by atomic mass is 9.96. The lowest BCUT2D eigenvalue weighted by Crippen LogP contribution is -2.36. The predicted octanol–water partition coefficient (Wildman–Crippen LogP) is 4.27. The first-order valence-corrected chi connectivity index (χ1v) is 11.1. The zero-order chi connectivity index (χ0) is 20.8. The third-order valence-corrected chi connectivity index (χ3v) is 7.20. The summed E-state index contributed by atoms with van der Waals surface area (Å²) in [7, 11) is 2.12. The number of benzene rings is 2. The van der Waals surface area contributed by atoms with Crippen LogP contribution in [0.25, 0.3) is 11.1 Å². The minimum atomic E-state index is -0.459. The average Bonchev–Trinajstić information content (AvgIpc) is 3.41. The molecular weight excluding hydrogens is 375 g/mol. The number of nitriles is 1. The molecule has 2 aromatic carbocycles. The fourth-order valence-electron chi connectivity index (χ4n) is 5.41. The summed E-state index contributed by atoms with van der Waals surface area (Å²) in [6.45, 7) is 1.91. The number of anilines is 1. The molecule has 5 rings (SSSR count). The Morgan fingerprint density at radius 1 is 1.17 bits per heavy atom. The van der Waals surface area contributed by atoms with Crippen LogP contribution in [0.1, 0.15) is 43.2 Å².